The zero-order valence-corrected chi connectivity index (χ0v) is 14.2. The van der Waals surface area contributed by atoms with E-state index in [-0.39, 0.29) is 11.5 Å². The number of rotatable bonds is 4. The molecule has 0 unspecified atom stereocenters. The van der Waals surface area contributed by atoms with E-state index in [1.54, 1.807) is 24.3 Å². The number of hydrazine groups is 1. The van der Waals surface area contributed by atoms with Gasteiger partial charge in [-0.1, -0.05) is 0 Å². The predicted molar refractivity (Wildman–Crippen MR) is 88.7 cm³/mol. The van der Waals surface area contributed by atoms with E-state index >= 15 is 0 Å². The number of furan rings is 2. The first-order valence-electron chi connectivity index (χ1n) is 7.50. The van der Waals surface area contributed by atoms with Crippen LogP contribution in [-0.4, -0.2) is 27.8 Å². The fourth-order valence-electron chi connectivity index (χ4n) is 2.52. The van der Waals surface area contributed by atoms with Gasteiger partial charge in [-0.05, 0) is 31.2 Å². The summed E-state index contributed by atoms with van der Waals surface area (Å²) < 4.78 is 10.5. The van der Waals surface area contributed by atoms with Gasteiger partial charge >= 0.3 is 6.03 Å². The standard InChI is InChI=1S/C16H12N4O5S/c1-16(11-5-3-7-25-11)14(22)20(15(23)18-16)19-12(21)9-8-26-13(17-9)10-4-2-6-24-10/h2-8H,1H3,(H,18,23)(H,19,21)/t16-/m0/s1. The number of thiazole rings is 1. The minimum absolute atomic E-state index is 0.0635. The second-order valence-corrected chi connectivity index (χ2v) is 6.49. The molecule has 0 saturated carbocycles. The van der Waals surface area contributed by atoms with Crippen LogP contribution in [0.15, 0.2) is 51.0 Å². The SMILES string of the molecule is C[C@@]1(c2ccco2)NC(=O)N(NC(=O)c2csc(-c3ccco3)n2)C1=O. The van der Waals surface area contributed by atoms with E-state index in [1.807, 2.05) is 0 Å². The highest BCUT2D eigenvalue weighted by Crippen LogP contribution is 2.28. The predicted octanol–water partition coefficient (Wildman–Crippen LogP) is 2.11. The van der Waals surface area contributed by atoms with Gasteiger partial charge in [0.05, 0.1) is 12.5 Å². The monoisotopic (exact) mass is 372 g/mol. The van der Waals surface area contributed by atoms with Crippen molar-refractivity contribution in [3.05, 3.63) is 53.6 Å². The van der Waals surface area contributed by atoms with E-state index in [9.17, 15) is 14.4 Å². The molecule has 1 atom stereocenters. The topological polar surface area (TPSA) is 118 Å². The van der Waals surface area contributed by atoms with Gasteiger partial charge in [-0.15, -0.1) is 11.3 Å². The molecule has 9 nitrogen and oxygen atoms in total. The third-order valence-electron chi connectivity index (χ3n) is 3.89. The first-order valence-corrected chi connectivity index (χ1v) is 8.38. The molecule has 4 rings (SSSR count). The van der Waals surface area contributed by atoms with Crippen molar-refractivity contribution < 1.29 is 23.2 Å². The lowest BCUT2D eigenvalue weighted by atomic mass is 10.00. The molecule has 10 heteroatoms. The van der Waals surface area contributed by atoms with Crippen LogP contribution in [0, 0.1) is 0 Å². The second kappa shape index (κ2) is 5.85. The molecule has 0 aliphatic carbocycles. The number of amides is 4. The highest BCUT2D eigenvalue weighted by molar-refractivity contribution is 7.13. The van der Waals surface area contributed by atoms with Crippen LogP contribution in [0.4, 0.5) is 4.79 Å². The largest absolute Gasteiger partial charge is 0.466 e. The average Bonchev–Trinajstić information content (AvgIpc) is 3.39. The normalized spacial score (nSPS) is 19.7. The summed E-state index contributed by atoms with van der Waals surface area (Å²) in [5, 5.41) is 5.16. The Labute approximate surface area is 150 Å². The Morgan fingerprint density at radius 2 is 2.04 bits per heavy atom. The summed E-state index contributed by atoms with van der Waals surface area (Å²) in [5.41, 5.74) is 0.945. The van der Waals surface area contributed by atoms with Crippen LogP contribution in [0.25, 0.3) is 10.8 Å². The van der Waals surface area contributed by atoms with Crippen molar-refractivity contribution in [3.8, 4) is 10.8 Å². The molecule has 3 aromatic heterocycles. The number of carbonyl (C=O) groups excluding carboxylic acids is 3. The summed E-state index contributed by atoms with van der Waals surface area (Å²) in [4.78, 5) is 41.3. The van der Waals surface area contributed by atoms with Crippen molar-refractivity contribution in [2.75, 3.05) is 0 Å². The minimum atomic E-state index is -1.39. The van der Waals surface area contributed by atoms with Crippen molar-refractivity contribution in [1.82, 2.24) is 20.7 Å². The van der Waals surface area contributed by atoms with Gasteiger partial charge in [0, 0.05) is 5.38 Å². The van der Waals surface area contributed by atoms with Crippen molar-refractivity contribution in [2.24, 2.45) is 0 Å². The third kappa shape index (κ3) is 2.47. The third-order valence-corrected chi connectivity index (χ3v) is 4.74. The number of hydrogen-bond donors (Lipinski definition) is 2. The zero-order chi connectivity index (χ0) is 18.3. The van der Waals surface area contributed by atoms with Crippen molar-refractivity contribution in [3.63, 3.8) is 0 Å². The molecule has 4 amide bonds. The molecule has 2 N–H and O–H groups in total. The van der Waals surface area contributed by atoms with E-state index in [1.165, 1.54) is 36.2 Å². The van der Waals surface area contributed by atoms with Gasteiger partial charge in [-0.25, -0.2) is 9.78 Å². The summed E-state index contributed by atoms with van der Waals surface area (Å²) in [7, 11) is 0. The molecule has 1 saturated heterocycles. The van der Waals surface area contributed by atoms with E-state index in [0.29, 0.717) is 15.8 Å². The van der Waals surface area contributed by atoms with Gasteiger partial charge in [-0.2, -0.15) is 5.01 Å². The van der Waals surface area contributed by atoms with Crippen LogP contribution in [0.1, 0.15) is 23.2 Å². The van der Waals surface area contributed by atoms with Gasteiger partial charge in [0.15, 0.2) is 16.3 Å². The van der Waals surface area contributed by atoms with Gasteiger partial charge in [-0.3, -0.25) is 15.0 Å². The van der Waals surface area contributed by atoms with Crippen LogP contribution in [0.5, 0.6) is 0 Å². The molecule has 1 fully saturated rings. The zero-order valence-electron chi connectivity index (χ0n) is 13.4. The highest BCUT2D eigenvalue weighted by Gasteiger charge is 2.52. The molecule has 26 heavy (non-hydrogen) atoms. The van der Waals surface area contributed by atoms with Crippen molar-refractivity contribution >= 4 is 29.2 Å². The van der Waals surface area contributed by atoms with Crippen LogP contribution >= 0.6 is 11.3 Å². The molecule has 0 spiro atoms. The van der Waals surface area contributed by atoms with Crippen molar-refractivity contribution in [1.29, 1.82) is 0 Å². The molecule has 1 aliphatic heterocycles. The number of nitrogens with zero attached hydrogens (tertiary/aromatic N) is 2. The van der Waals surface area contributed by atoms with E-state index in [4.69, 9.17) is 8.83 Å². The lowest BCUT2D eigenvalue weighted by molar-refractivity contribution is -0.133. The molecule has 1 aliphatic rings. The highest BCUT2D eigenvalue weighted by atomic mass is 32.1. The molecule has 4 heterocycles. The fourth-order valence-corrected chi connectivity index (χ4v) is 3.29. The number of hydrogen-bond acceptors (Lipinski definition) is 7. The van der Waals surface area contributed by atoms with Gasteiger partial charge < -0.3 is 14.2 Å². The molecule has 0 aromatic carbocycles. The Bertz CT molecular complexity index is 978. The Morgan fingerprint density at radius 3 is 2.73 bits per heavy atom. The number of carbonyl (C=O) groups is 3. The summed E-state index contributed by atoms with van der Waals surface area (Å²) in [6.07, 6.45) is 2.89. The molecule has 0 bridgehead atoms. The smallest absolute Gasteiger partial charge is 0.344 e. The second-order valence-electron chi connectivity index (χ2n) is 5.63. The number of imide groups is 1. The maximum atomic E-state index is 12.6. The maximum Gasteiger partial charge on any atom is 0.344 e. The van der Waals surface area contributed by atoms with Crippen LogP contribution < -0.4 is 10.7 Å². The number of nitrogens with one attached hydrogen (secondary N) is 2. The minimum Gasteiger partial charge on any atom is -0.466 e. The van der Waals surface area contributed by atoms with Gasteiger partial charge in [0.2, 0.25) is 0 Å². The maximum absolute atomic E-state index is 12.6. The average molecular weight is 372 g/mol. The molecule has 3 aromatic rings. The number of aromatic nitrogens is 1. The van der Waals surface area contributed by atoms with Gasteiger partial charge in [0.25, 0.3) is 11.8 Å². The lowest BCUT2D eigenvalue weighted by Gasteiger charge is -2.18. The Kier molecular flexibility index (Phi) is 3.62. The lowest BCUT2D eigenvalue weighted by Crippen LogP contribution is -2.47. The molecule has 0 radical (unpaired) electrons. The summed E-state index contributed by atoms with van der Waals surface area (Å²) in [6.45, 7) is 1.50. The molecular weight excluding hydrogens is 360 g/mol. The summed E-state index contributed by atoms with van der Waals surface area (Å²) in [5.74, 6) is -0.561. The molecule has 132 valence electrons. The Hall–Kier alpha value is -3.40. The quantitative estimate of drug-likeness (QED) is 0.677. The van der Waals surface area contributed by atoms with Crippen LogP contribution in [-0.2, 0) is 10.3 Å². The van der Waals surface area contributed by atoms with Gasteiger partial charge in [0.1, 0.15) is 11.5 Å². The first-order chi connectivity index (χ1) is 12.5. The number of urea groups is 1. The Morgan fingerprint density at radius 1 is 1.27 bits per heavy atom. The van der Waals surface area contributed by atoms with E-state index in [0.717, 1.165) is 0 Å². The molecular formula is C16H12N4O5S. The fraction of sp³-hybridized carbons (Fsp3) is 0.125. The van der Waals surface area contributed by atoms with Crippen molar-refractivity contribution in [2.45, 2.75) is 12.5 Å². The van der Waals surface area contributed by atoms with Crippen LogP contribution in [0.2, 0.25) is 0 Å². The van der Waals surface area contributed by atoms with E-state index < -0.39 is 23.4 Å². The first kappa shape index (κ1) is 16.1. The van der Waals surface area contributed by atoms with Crippen LogP contribution in [0.3, 0.4) is 0 Å². The summed E-state index contributed by atoms with van der Waals surface area (Å²) in [6, 6.07) is 5.84. The Balaban J connectivity index is 1.53. The summed E-state index contributed by atoms with van der Waals surface area (Å²) >= 11 is 1.21. The van der Waals surface area contributed by atoms with E-state index in [2.05, 4.69) is 15.7 Å².